The zero-order valence-electron chi connectivity index (χ0n) is 10.9. The quantitative estimate of drug-likeness (QED) is 0.866. The van der Waals surface area contributed by atoms with Gasteiger partial charge in [0.1, 0.15) is 6.67 Å². The van der Waals surface area contributed by atoms with Gasteiger partial charge in [-0.05, 0) is 28.7 Å². The molecule has 0 fully saturated rings. The molecule has 2 rings (SSSR count). The van der Waals surface area contributed by atoms with Crippen LogP contribution < -0.4 is 11.5 Å². The second-order valence-electron chi connectivity index (χ2n) is 4.72. The Morgan fingerprint density at radius 3 is 1.74 bits per heavy atom. The molecule has 0 saturated heterocycles. The predicted molar refractivity (Wildman–Crippen MR) is 77.4 cm³/mol. The Kier molecular flexibility index (Phi) is 4.66. The van der Waals surface area contributed by atoms with E-state index in [2.05, 4.69) is 12.1 Å². The molecule has 0 bridgehead atoms. The fourth-order valence-electron chi connectivity index (χ4n) is 2.02. The number of benzene rings is 2. The number of alkyl halides is 1. The molecule has 3 heteroatoms. The van der Waals surface area contributed by atoms with Gasteiger partial charge in [-0.25, -0.2) is 4.39 Å². The molecule has 0 radical (unpaired) electrons. The predicted octanol–water partition coefficient (Wildman–Crippen LogP) is 2.65. The maximum absolute atomic E-state index is 12.4. The van der Waals surface area contributed by atoms with Gasteiger partial charge in [0, 0.05) is 12.6 Å². The van der Waals surface area contributed by atoms with Crippen molar-refractivity contribution in [3.63, 3.8) is 0 Å². The topological polar surface area (TPSA) is 52.0 Å². The summed E-state index contributed by atoms with van der Waals surface area (Å²) in [4.78, 5) is 0. The van der Waals surface area contributed by atoms with E-state index >= 15 is 0 Å². The number of rotatable bonds is 5. The minimum Gasteiger partial charge on any atom is -0.326 e. The highest BCUT2D eigenvalue weighted by atomic mass is 19.1. The summed E-state index contributed by atoms with van der Waals surface area (Å²) in [6.45, 7) is 0.0721. The molecule has 100 valence electrons. The Bertz CT molecular complexity index is 505. The van der Waals surface area contributed by atoms with Crippen molar-refractivity contribution in [2.45, 2.75) is 19.0 Å². The second kappa shape index (κ2) is 6.45. The van der Waals surface area contributed by atoms with Crippen molar-refractivity contribution in [2.75, 3.05) is 6.67 Å². The first kappa shape index (κ1) is 13.7. The van der Waals surface area contributed by atoms with E-state index < -0.39 is 12.7 Å². The third-order valence-electron chi connectivity index (χ3n) is 3.17. The lowest BCUT2D eigenvalue weighted by Crippen LogP contribution is -2.24. The summed E-state index contributed by atoms with van der Waals surface area (Å²) < 4.78 is 12.4. The molecule has 4 N–H and O–H groups in total. The first-order valence-electron chi connectivity index (χ1n) is 6.43. The Morgan fingerprint density at radius 2 is 1.32 bits per heavy atom. The fraction of sp³-hybridized carbons (Fsp3) is 0.250. The smallest absolute Gasteiger partial charge is 0.105 e. The Labute approximate surface area is 113 Å². The van der Waals surface area contributed by atoms with E-state index in [1.165, 1.54) is 0 Å². The van der Waals surface area contributed by atoms with Gasteiger partial charge in [0.15, 0.2) is 0 Å². The molecule has 0 heterocycles. The van der Waals surface area contributed by atoms with Crippen LogP contribution in [0.3, 0.4) is 0 Å². The molecule has 2 nitrogen and oxygen atoms in total. The molecule has 1 unspecified atom stereocenters. The van der Waals surface area contributed by atoms with E-state index in [1.54, 1.807) is 0 Å². The lowest BCUT2D eigenvalue weighted by atomic mass is 10.0. The van der Waals surface area contributed by atoms with Gasteiger partial charge in [0.25, 0.3) is 0 Å². The third-order valence-corrected chi connectivity index (χ3v) is 3.17. The summed E-state index contributed by atoms with van der Waals surface area (Å²) in [6, 6.07) is 15.9. The average Bonchev–Trinajstić information content (AvgIpc) is 2.48. The highest BCUT2D eigenvalue weighted by Crippen LogP contribution is 2.20. The second-order valence-corrected chi connectivity index (χ2v) is 4.72. The Morgan fingerprint density at radius 1 is 0.842 bits per heavy atom. The van der Waals surface area contributed by atoms with Crippen LogP contribution in [0.4, 0.5) is 4.39 Å². The summed E-state index contributed by atoms with van der Waals surface area (Å²) >= 11 is 0. The Hall–Kier alpha value is -1.71. The number of halogens is 1. The summed E-state index contributed by atoms with van der Waals surface area (Å²) in [5.74, 6) is 0. The normalized spacial score (nSPS) is 12.4. The van der Waals surface area contributed by atoms with Crippen molar-refractivity contribution in [3.8, 4) is 11.1 Å². The largest absolute Gasteiger partial charge is 0.326 e. The summed E-state index contributed by atoms with van der Waals surface area (Å²) in [5.41, 5.74) is 15.6. The van der Waals surface area contributed by atoms with Gasteiger partial charge in [0.2, 0.25) is 0 Å². The molecule has 0 aliphatic rings. The van der Waals surface area contributed by atoms with Crippen LogP contribution in [-0.4, -0.2) is 12.7 Å². The van der Waals surface area contributed by atoms with Crippen molar-refractivity contribution in [1.82, 2.24) is 0 Å². The van der Waals surface area contributed by atoms with Crippen molar-refractivity contribution in [2.24, 2.45) is 11.5 Å². The van der Waals surface area contributed by atoms with Crippen LogP contribution in [0, 0.1) is 0 Å². The maximum atomic E-state index is 12.4. The highest BCUT2D eigenvalue weighted by Gasteiger charge is 2.04. The average molecular weight is 258 g/mol. The number of nitrogens with two attached hydrogens (primary N) is 2. The molecule has 0 spiro atoms. The molecule has 1 atom stereocenters. The standard InChI is InChI=1S/C16H19FN2/c17-10-16(19)9-12-1-5-14(6-2-12)15-7-3-13(11-18)4-8-15/h1-8,16H,9-11,18-19H2. The van der Waals surface area contributed by atoms with Crippen LogP contribution in [0.15, 0.2) is 48.5 Å². The lowest BCUT2D eigenvalue weighted by molar-refractivity contribution is 0.427. The van der Waals surface area contributed by atoms with Gasteiger partial charge >= 0.3 is 0 Å². The third kappa shape index (κ3) is 3.63. The highest BCUT2D eigenvalue weighted by molar-refractivity contribution is 5.63. The molecular formula is C16H19FN2. The van der Waals surface area contributed by atoms with Gasteiger partial charge in [-0.3, -0.25) is 0 Å². The zero-order valence-corrected chi connectivity index (χ0v) is 10.9. The van der Waals surface area contributed by atoms with E-state index in [9.17, 15) is 4.39 Å². The van der Waals surface area contributed by atoms with Crippen LogP contribution >= 0.6 is 0 Å². The van der Waals surface area contributed by atoms with Crippen LogP contribution in [0.1, 0.15) is 11.1 Å². The van der Waals surface area contributed by atoms with Crippen LogP contribution in [0.2, 0.25) is 0 Å². The molecule has 0 aromatic heterocycles. The minimum atomic E-state index is -0.484. The summed E-state index contributed by atoms with van der Waals surface area (Å²) in [7, 11) is 0. The first-order valence-corrected chi connectivity index (χ1v) is 6.43. The van der Waals surface area contributed by atoms with E-state index in [0.717, 1.165) is 22.3 Å². The van der Waals surface area contributed by atoms with Gasteiger partial charge in [-0.15, -0.1) is 0 Å². The molecule has 0 amide bonds. The summed E-state index contributed by atoms with van der Waals surface area (Å²) in [5, 5.41) is 0. The molecule has 19 heavy (non-hydrogen) atoms. The monoisotopic (exact) mass is 258 g/mol. The van der Waals surface area contributed by atoms with E-state index in [0.29, 0.717) is 13.0 Å². The van der Waals surface area contributed by atoms with Gasteiger partial charge in [-0.1, -0.05) is 48.5 Å². The van der Waals surface area contributed by atoms with Crippen LogP contribution in [-0.2, 0) is 13.0 Å². The van der Waals surface area contributed by atoms with Crippen LogP contribution in [0.25, 0.3) is 11.1 Å². The molecule has 2 aromatic carbocycles. The maximum Gasteiger partial charge on any atom is 0.105 e. The van der Waals surface area contributed by atoms with Crippen molar-refractivity contribution in [1.29, 1.82) is 0 Å². The van der Waals surface area contributed by atoms with Crippen molar-refractivity contribution in [3.05, 3.63) is 59.7 Å². The molecule has 2 aromatic rings. The lowest BCUT2D eigenvalue weighted by Gasteiger charge is -2.08. The molecule has 0 saturated carbocycles. The Balaban J connectivity index is 2.12. The fourth-order valence-corrected chi connectivity index (χ4v) is 2.02. The van der Waals surface area contributed by atoms with Crippen molar-refractivity contribution < 1.29 is 4.39 Å². The zero-order chi connectivity index (χ0) is 13.7. The van der Waals surface area contributed by atoms with Crippen LogP contribution in [0.5, 0.6) is 0 Å². The van der Waals surface area contributed by atoms with Gasteiger partial charge < -0.3 is 11.5 Å². The van der Waals surface area contributed by atoms with Gasteiger partial charge in [-0.2, -0.15) is 0 Å². The first-order chi connectivity index (χ1) is 9.22. The van der Waals surface area contributed by atoms with E-state index in [1.807, 2.05) is 36.4 Å². The van der Waals surface area contributed by atoms with Gasteiger partial charge in [0.05, 0.1) is 0 Å². The van der Waals surface area contributed by atoms with E-state index in [-0.39, 0.29) is 0 Å². The number of hydrogen-bond donors (Lipinski definition) is 2. The number of hydrogen-bond acceptors (Lipinski definition) is 2. The molecule has 0 aliphatic heterocycles. The summed E-state index contributed by atoms with van der Waals surface area (Å²) in [6.07, 6.45) is 0.572. The van der Waals surface area contributed by atoms with E-state index in [4.69, 9.17) is 11.5 Å². The SMILES string of the molecule is NCc1ccc(-c2ccc(CC(N)CF)cc2)cc1. The van der Waals surface area contributed by atoms with Crippen molar-refractivity contribution >= 4 is 0 Å². The molecular weight excluding hydrogens is 239 g/mol. The minimum absolute atomic E-state index is 0.408. The molecule has 0 aliphatic carbocycles.